The smallest absolute Gasteiger partial charge is 0.345 e. The highest BCUT2D eigenvalue weighted by atomic mass is 32.1. The van der Waals surface area contributed by atoms with Crippen molar-refractivity contribution in [2.24, 2.45) is 0 Å². The number of carboxylic acid groups (broad SMARTS) is 1. The third kappa shape index (κ3) is 2.90. The Morgan fingerprint density at radius 2 is 2.11 bits per heavy atom. The molecule has 1 heterocycles. The van der Waals surface area contributed by atoms with Crippen LogP contribution in [0.15, 0.2) is 29.6 Å². The summed E-state index contributed by atoms with van der Waals surface area (Å²) in [4.78, 5) is 11.1. The number of aryl methyl sites for hydroxylation is 2. The van der Waals surface area contributed by atoms with Gasteiger partial charge in [-0.25, -0.2) is 4.79 Å². The SMILES string of the molecule is Cc1ccc(C)c(OCc2csc(C(=O)O)c2)c1. The molecule has 1 N–H and O–H groups in total. The molecule has 0 spiro atoms. The van der Waals surface area contributed by atoms with Crippen molar-refractivity contribution in [3.05, 3.63) is 51.2 Å². The van der Waals surface area contributed by atoms with Gasteiger partial charge in [0.15, 0.2) is 0 Å². The van der Waals surface area contributed by atoms with Crippen molar-refractivity contribution >= 4 is 17.3 Å². The minimum absolute atomic E-state index is 0.342. The van der Waals surface area contributed by atoms with Crippen LogP contribution < -0.4 is 4.74 Å². The summed E-state index contributed by atoms with van der Waals surface area (Å²) in [6, 6.07) is 7.69. The van der Waals surface area contributed by atoms with E-state index in [9.17, 15) is 4.79 Å². The Bertz CT molecular complexity index is 572. The molecule has 1 aromatic heterocycles. The monoisotopic (exact) mass is 262 g/mol. The van der Waals surface area contributed by atoms with Crippen molar-refractivity contribution in [2.75, 3.05) is 0 Å². The van der Waals surface area contributed by atoms with E-state index in [-0.39, 0.29) is 0 Å². The van der Waals surface area contributed by atoms with Gasteiger partial charge in [0.1, 0.15) is 17.2 Å². The molecule has 0 atom stereocenters. The second kappa shape index (κ2) is 5.23. The van der Waals surface area contributed by atoms with Gasteiger partial charge in [0.2, 0.25) is 0 Å². The summed E-state index contributed by atoms with van der Waals surface area (Å²) in [7, 11) is 0. The number of hydrogen-bond acceptors (Lipinski definition) is 3. The molecule has 0 aliphatic carbocycles. The summed E-state index contributed by atoms with van der Waals surface area (Å²) in [6.45, 7) is 4.40. The predicted octanol–water partition coefficient (Wildman–Crippen LogP) is 3.64. The molecular weight excluding hydrogens is 248 g/mol. The van der Waals surface area contributed by atoms with Crippen molar-refractivity contribution in [2.45, 2.75) is 20.5 Å². The third-order valence-corrected chi connectivity index (χ3v) is 3.57. The maximum Gasteiger partial charge on any atom is 0.345 e. The molecule has 0 bridgehead atoms. The average molecular weight is 262 g/mol. The minimum Gasteiger partial charge on any atom is -0.489 e. The molecule has 2 aromatic rings. The van der Waals surface area contributed by atoms with E-state index in [1.165, 1.54) is 11.3 Å². The fourth-order valence-electron chi connectivity index (χ4n) is 1.59. The zero-order chi connectivity index (χ0) is 13.1. The number of hydrogen-bond donors (Lipinski definition) is 1. The molecule has 0 unspecified atom stereocenters. The normalized spacial score (nSPS) is 10.3. The minimum atomic E-state index is -0.891. The number of carbonyl (C=O) groups is 1. The summed E-state index contributed by atoms with van der Waals surface area (Å²) < 4.78 is 5.71. The van der Waals surface area contributed by atoms with Crippen molar-refractivity contribution in [3.63, 3.8) is 0 Å². The van der Waals surface area contributed by atoms with Gasteiger partial charge in [-0.3, -0.25) is 0 Å². The molecule has 1 aromatic carbocycles. The lowest BCUT2D eigenvalue weighted by molar-refractivity contribution is 0.0702. The van der Waals surface area contributed by atoms with E-state index in [2.05, 4.69) is 0 Å². The number of carboxylic acids is 1. The molecule has 0 amide bonds. The summed E-state index contributed by atoms with van der Waals surface area (Å²) in [5.41, 5.74) is 3.11. The fraction of sp³-hybridized carbons (Fsp3) is 0.214. The van der Waals surface area contributed by atoms with Crippen molar-refractivity contribution in [1.29, 1.82) is 0 Å². The molecule has 0 radical (unpaired) electrons. The van der Waals surface area contributed by atoms with Gasteiger partial charge in [-0.2, -0.15) is 0 Å². The Kier molecular flexibility index (Phi) is 3.67. The topological polar surface area (TPSA) is 46.5 Å². The van der Waals surface area contributed by atoms with Gasteiger partial charge < -0.3 is 9.84 Å². The first kappa shape index (κ1) is 12.6. The number of aromatic carboxylic acids is 1. The van der Waals surface area contributed by atoms with Crippen LogP contribution >= 0.6 is 11.3 Å². The van der Waals surface area contributed by atoms with E-state index < -0.39 is 5.97 Å². The zero-order valence-electron chi connectivity index (χ0n) is 10.3. The first-order chi connectivity index (χ1) is 8.56. The highest BCUT2D eigenvalue weighted by molar-refractivity contribution is 7.12. The van der Waals surface area contributed by atoms with E-state index in [1.807, 2.05) is 37.4 Å². The Morgan fingerprint density at radius 3 is 2.78 bits per heavy atom. The van der Waals surface area contributed by atoms with Crippen LogP contribution in [0.5, 0.6) is 5.75 Å². The molecule has 0 saturated heterocycles. The van der Waals surface area contributed by atoms with Crippen molar-refractivity contribution in [3.8, 4) is 5.75 Å². The van der Waals surface area contributed by atoms with Crippen molar-refractivity contribution < 1.29 is 14.6 Å². The van der Waals surface area contributed by atoms with Gasteiger partial charge in [0.05, 0.1) is 0 Å². The second-order valence-electron chi connectivity index (χ2n) is 4.18. The number of rotatable bonds is 4. The van der Waals surface area contributed by atoms with Crippen LogP contribution in [0.25, 0.3) is 0 Å². The molecule has 4 heteroatoms. The van der Waals surface area contributed by atoms with E-state index >= 15 is 0 Å². The largest absolute Gasteiger partial charge is 0.489 e. The Labute approximate surface area is 110 Å². The molecule has 0 fully saturated rings. The molecular formula is C14H14O3S. The molecule has 0 saturated carbocycles. The maximum atomic E-state index is 10.8. The van der Waals surface area contributed by atoms with E-state index in [0.717, 1.165) is 22.4 Å². The highest BCUT2D eigenvalue weighted by Crippen LogP contribution is 2.22. The Hall–Kier alpha value is -1.81. The lowest BCUT2D eigenvalue weighted by atomic mass is 10.1. The van der Waals surface area contributed by atoms with Gasteiger partial charge in [-0.1, -0.05) is 12.1 Å². The highest BCUT2D eigenvalue weighted by Gasteiger charge is 2.07. The molecule has 0 aliphatic heterocycles. The summed E-state index contributed by atoms with van der Waals surface area (Å²) >= 11 is 1.22. The second-order valence-corrected chi connectivity index (χ2v) is 5.09. The van der Waals surface area contributed by atoms with E-state index in [4.69, 9.17) is 9.84 Å². The first-order valence-electron chi connectivity index (χ1n) is 5.57. The van der Waals surface area contributed by atoms with Crippen LogP contribution in [0, 0.1) is 13.8 Å². The van der Waals surface area contributed by atoms with Crippen LogP contribution in [0.4, 0.5) is 0 Å². The molecule has 18 heavy (non-hydrogen) atoms. The van der Waals surface area contributed by atoms with Crippen LogP contribution in [0.2, 0.25) is 0 Å². The van der Waals surface area contributed by atoms with Gasteiger partial charge in [-0.15, -0.1) is 11.3 Å². The number of thiophene rings is 1. The number of ether oxygens (including phenoxy) is 1. The van der Waals surface area contributed by atoms with Crippen LogP contribution in [0.1, 0.15) is 26.4 Å². The first-order valence-corrected chi connectivity index (χ1v) is 6.45. The third-order valence-electron chi connectivity index (χ3n) is 2.60. The van der Waals surface area contributed by atoms with E-state index in [1.54, 1.807) is 6.07 Å². The standard InChI is InChI=1S/C14H14O3S/c1-9-3-4-10(2)12(5-9)17-7-11-6-13(14(15)16)18-8-11/h3-6,8H,7H2,1-2H3,(H,15,16). The van der Waals surface area contributed by atoms with Gasteiger partial charge in [0.25, 0.3) is 0 Å². The lowest BCUT2D eigenvalue weighted by Crippen LogP contribution is -1.96. The van der Waals surface area contributed by atoms with Gasteiger partial charge >= 0.3 is 5.97 Å². The quantitative estimate of drug-likeness (QED) is 0.915. The maximum absolute atomic E-state index is 10.8. The van der Waals surface area contributed by atoms with E-state index in [0.29, 0.717) is 11.5 Å². The Morgan fingerprint density at radius 1 is 1.33 bits per heavy atom. The molecule has 0 aliphatic rings. The molecule has 3 nitrogen and oxygen atoms in total. The fourth-order valence-corrected chi connectivity index (χ4v) is 2.32. The average Bonchev–Trinajstić information content (AvgIpc) is 2.79. The lowest BCUT2D eigenvalue weighted by Gasteiger charge is -2.08. The Balaban J connectivity index is 2.06. The number of benzene rings is 1. The zero-order valence-corrected chi connectivity index (χ0v) is 11.1. The van der Waals surface area contributed by atoms with Crippen molar-refractivity contribution in [1.82, 2.24) is 0 Å². The predicted molar refractivity (Wildman–Crippen MR) is 71.5 cm³/mol. The van der Waals surface area contributed by atoms with Crippen LogP contribution in [0.3, 0.4) is 0 Å². The van der Waals surface area contributed by atoms with Gasteiger partial charge in [-0.05, 0) is 42.5 Å². The van der Waals surface area contributed by atoms with Crippen LogP contribution in [-0.4, -0.2) is 11.1 Å². The summed E-state index contributed by atoms with van der Waals surface area (Å²) in [5, 5.41) is 10.6. The molecule has 2 rings (SSSR count). The van der Waals surface area contributed by atoms with Gasteiger partial charge in [0, 0.05) is 5.56 Å². The molecule has 94 valence electrons. The summed E-state index contributed by atoms with van der Waals surface area (Å²) in [6.07, 6.45) is 0. The van der Waals surface area contributed by atoms with Crippen LogP contribution in [-0.2, 0) is 6.61 Å². The summed E-state index contributed by atoms with van der Waals surface area (Å²) in [5.74, 6) is -0.0453.